The number of benzene rings is 1. The molecule has 1 aromatic carbocycles. The number of hydrogen-bond acceptors (Lipinski definition) is 5. The Labute approximate surface area is 111 Å². The number of nitrogens with zero attached hydrogens (tertiary/aromatic N) is 1. The first-order valence-corrected chi connectivity index (χ1v) is 7.14. The van der Waals surface area contributed by atoms with Gasteiger partial charge in [0.2, 0.25) is 0 Å². The molecular formula is C12H18N2O3S. The molecule has 1 unspecified atom stereocenters. The first-order chi connectivity index (χ1) is 8.56. The molecule has 0 fully saturated rings. The van der Waals surface area contributed by atoms with Crippen molar-refractivity contribution in [2.24, 2.45) is 0 Å². The van der Waals surface area contributed by atoms with Crippen molar-refractivity contribution in [3.8, 4) is 5.75 Å². The van der Waals surface area contributed by atoms with Gasteiger partial charge in [-0.1, -0.05) is 0 Å². The summed E-state index contributed by atoms with van der Waals surface area (Å²) in [5, 5.41) is 14.1. The Bertz CT molecular complexity index is 412. The Kier molecular flexibility index (Phi) is 5.77. The van der Waals surface area contributed by atoms with Crippen LogP contribution in [-0.4, -0.2) is 29.6 Å². The van der Waals surface area contributed by atoms with Crippen LogP contribution in [0.25, 0.3) is 0 Å². The normalized spacial score (nSPS) is 11.9. The number of rotatable bonds is 7. The van der Waals surface area contributed by atoms with Gasteiger partial charge in [-0.25, -0.2) is 0 Å². The molecule has 18 heavy (non-hydrogen) atoms. The maximum Gasteiger partial charge on any atom is 0.275 e. The van der Waals surface area contributed by atoms with Crippen molar-refractivity contribution in [1.82, 2.24) is 0 Å². The average Bonchev–Trinajstić information content (AvgIpc) is 2.29. The molecule has 0 amide bonds. The second-order valence-corrected chi connectivity index (χ2v) is 4.82. The van der Waals surface area contributed by atoms with Gasteiger partial charge in [-0.3, -0.25) is 10.1 Å². The van der Waals surface area contributed by atoms with E-state index in [4.69, 9.17) is 4.74 Å². The number of nitro benzene ring substituents is 1. The number of anilines is 1. The highest BCUT2D eigenvalue weighted by Crippen LogP contribution is 2.26. The van der Waals surface area contributed by atoms with E-state index in [1.54, 1.807) is 17.8 Å². The zero-order valence-corrected chi connectivity index (χ0v) is 11.6. The van der Waals surface area contributed by atoms with Gasteiger partial charge in [-0.2, -0.15) is 11.8 Å². The molecule has 1 rings (SSSR count). The fourth-order valence-electron chi connectivity index (χ4n) is 1.60. The lowest BCUT2D eigenvalue weighted by molar-refractivity contribution is -0.384. The van der Waals surface area contributed by atoms with Crippen molar-refractivity contribution in [2.45, 2.75) is 19.9 Å². The van der Waals surface area contributed by atoms with Gasteiger partial charge < -0.3 is 10.1 Å². The van der Waals surface area contributed by atoms with Crippen molar-refractivity contribution < 1.29 is 9.66 Å². The summed E-state index contributed by atoms with van der Waals surface area (Å²) in [6.45, 7) is 4.37. The highest BCUT2D eigenvalue weighted by molar-refractivity contribution is 7.98. The molecule has 0 saturated carbocycles. The summed E-state index contributed by atoms with van der Waals surface area (Å²) < 4.78 is 5.33. The van der Waals surface area contributed by atoms with Gasteiger partial charge in [0.05, 0.1) is 17.6 Å². The van der Waals surface area contributed by atoms with Gasteiger partial charge in [0.25, 0.3) is 5.69 Å². The van der Waals surface area contributed by atoms with E-state index in [1.807, 2.05) is 20.1 Å². The Balaban J connectivity index is 2.91. The molecule has 0 radical (unpaired) electrons. The van der Waals surface area contributed by atoms with Gasteiger partial charge in [0.15, 0.2) is 0 Å². The Hall–Kier alpha value is -1.43. The summed E-state index contributed by atoms with van der Waals surface area (Å²) in [5.41, 5.74) is 0.758. The zero-order valence-electron chi connectivity index (χ0n) is 10.8. The van der Waals surface area contributed by atoms with Crippen molar-refractivity contribution in [1.29, 1.82) is 0 Å². The standard InChI is InChI=1S/C12H18N2O3S/c1-4-17-12-6-10(13-9(2)8-18-3)5-11(7-12)14(15)16/h5-7,9,13H,4,8H2,1-3H3. The smallest absolute Gasteiger partial charge is 0.275 e. The lowest BCUT2D eigenvalue weighted by Gasteiger charge is -2.14. The van der Waals surface area contributed by atoms with E-state index < -0.39 is 4.92 Å². The largest absolute Gasteiger partial charge is 0.494 e. The van der Waals surface area contributed by atoms with Crippen LogP contribution in [0, 0.1) is 10.1 Å². The third kappa shape index (κ3) is 4.44. The second kappa shape index (κ2) is 7.10. The van der Waals surface area contributed by atoms with Gasteiger partial charge in [-0.15, -0.1) is 0 Å². The quantitative estimate of drug-likeness (QED) is 0.609. The first kappa shape index (κ1) is 14.6. The SMILES string of the molecule is CCOc1cc(NC(C)CSC)cc([N+](=O)[O-])c1. The van der Waals surface area contributed by atoms with Crippen LogP contribution in [0.15, 0.2) is 18.2 Å². The molecule has 1 N–H and O–H groups in total. The van der Waals surface area contributed by atoms with Crippen molar-refractivity contribution in [2.75, 3.05) is 23.9 Å². The van der Waals surface area contributed by atoms with Crippen LogP contribution < -0.4 is 10.1 Å². The molecule has 0 saturated heterocycles. The van der Waals surface area contributed by atoms with Crippen LogP contribution in [-0.2, 0) is 0 Å². The molecule has 0 aliphatic rings. The fourth-order valence-corrected chi connectivity index (χ4v) is 2.18. The van der Waals surface area contributed by atoms with Crippen molar-refractivity contribution >= 4 is 23.1 Å². The van der Waals surface area contributed by atoms with Crippen LogP contribution in [0.3, 0.4) is 0 Å². The number of hydrogen-bond donors (Lipinski definition) is 1. The first-order valence-electron chi connectivity index (χ1n) is 5.74. The van der Waals surface area contributed by atoms with Crippen molar-refractivity contribution in [3.63, 3.8) is 0 Å². The Morgan fingerprint density at radius 2 is 2.22 bits per heavy atom. The van der Waals surface area contributed by atoms with E-state index in [0.29, 0.717) is 18.0 Å². The molecule has 1 atom stereocenters. The molecule has 0 aromatic heterocycles. The van der Waals surface area contributed by atoms with E-state index in [9.17, 15) is 10.1 Å². The maximum absolute atomic E-state index is 10.8. The maximum atomic E-state index is 10.8. The summed E-state index contributed by atoms with van der Waals surface area (Å²) in [6.07, 6.45) is 2.03. The summed E-state index contributed by atoms with van der Waals surface area (Å²) in [4.78, 5) is 10.4. The Morgan fingerprint density at radius 3 is 2.78 bits per heavy atom. The van der Waals surface area contributed by atoms with Crippen LogP contribution in [0.1, 0.15) is 13.8 Å². The number of nitrogens with one attached hydrogen (secondary N) is 1. The number of thioether (sulfide) groups is 1. The number of nitro groups is 1. The molecule has 0 aliphatic carbocycles. The van der Waals surface area contributed by atoms with E-state index in [0.717, 1.165) is 5.75 Å². The lowest BCUT2D eigenvalue weighted by atomic mass is 10.2. The predicted octanol–water partition coefficient (Wildman–Crippen LogP) is 3.16. The number of ether oxygens (including phenoxy) is 1. The highest BCUT2D eigenvalue weighted by Gasteiger charge is 2.11. The van der Waals surface area contributed by atoms with Crippen LogP contribution >= 0.6 is 11.8 Å². The van der Waals surface area contributed by atoms with E-state index in [-0.39, 0.29) is 11.7 Å². The molecule has 0 heterocycles. The molecule has 0 spiro atoms. The van der Waals surface area contributed by atoms with Crippen molar-refractivity contribution in [3.05, 3.63) is 28.3 Å². The second-order valence-electron chi connectivity index (χ2n) is 3.91. The average molecular weight is 270 g/mol. The summed E-state index contributed by atoms with van der Waals surface area (Å²) in [6, 6.07) is 5.00. The summed E-state index contributed by atoms with van der Waals surface area (Å²) in [5.74, 6) is 1.46. The van der Waals surface area contributed by atoms with Crippen LogP contribution in [0.5, 0.6) is 5.75 Å². The van der Waals surface area contributed by atoms with E-state index >= 15 is 0 Å². The third-order valence-corrected chi connectivity index (χ3v) is 3.08. The molecule has 0 bridgehead atoms. The van der Waals surface area contributed by atoms with E-state index in [1.165, 1.54) is 12.1 Å². The van der Waals surface area contributed by atoms with Gasteiger partial charge in [0, 0.05) is 29.6 Å². The molecule has 100 valence electrons. The fraction of sp³-hybridized carbons (Fsp3) is 0.500. The number of non-ortho nitro benzene ring substituents is 1. The minimum absolute atomic E-state index is 0.0415. The lowest BCUT2D eigenvalue weighted by Crippen LogP contribution is -2.17. The molecular weight excluding hydrogens is 252 g/mol. The minimum Gasteiger partial charge on any atom is -0.494 e. The van der Waals surface area contributed by atoms with Gasteiger partial charge in [-0.05, 0) is 20.1 Å². The van der Waals surface area contributed by atoms with Gasteiger partial charge in [0.1, 0.15) is 5.75 Å². The highest BCUT2D eigenvalue weighted by atomic mass is 32.2. The van der Waals surface area contributed by atoms with E-state index in [2.05, 4.69) is 5.32 Å². The monoisotopic (exact) mass is 270 g/mol. The topological polar surface area (TPSA) is 64.4 Å². The summed E-state index contributed by atoms with van der Waals surface area (Å²) >= 11 is 1.73. The van der Waals surface area contributed by atoms with Gasteiger partial charge >= 0.3 is 0 Å². The predicted molar refractivity (Wildman–Crippen MR) is 75.7 cm³/mol. The van der Waals surface area contributed by atoms with Crippen LogP contribution in [0.4, 0.5) is 11.4 Å². The summed E-state index contributed by atoms with van der Waals surface area (Å²) in [7, 11) is 0. The molecule has 0 aliphatic heterocycles. The Morgan fingerprint density at radius 1 is 1.50 bits per heavy atom. The zero-order chi connectivity index (χ0) is 13.5. The molecule has 6 heteroatoms. The molecule has 5 nitrogen and oxygen atoms in total. The minimum atomic E-state index is -0.410. The third-order valence-electron chi connectivity index (χ3n) is 2.24. The molecule has 1 aromatic rings. The van der Waals surface area contributed by atoms with Crippen LogP contribution in [0.2, 0.25) is 0 Å².